The molecular formula is C13H18O4S. The van der Waals surface area contributed by atoms with Crippen LogP contribution in [-0.2, 0) is 31.7 Å². The maximum absolute atomic E-state index is 11.8. The molecule has 0 amide bonds. The fourth-order valence-corrected chi connectivity index (χ4v) is 2.14. The van der Waals surface area contributed by atoms with Gasteiger partial charge in [0.2, 0.25) is 0 Å². The first-order chi connectivity index (χ1) is 8.63. The lowest BCUT2D eigenvalue weighted by molar-refractivity contribution is -0.140. The molecular weight excluding hydrogens is 252 g/mol. The Bertz CT molecular complexity index is 391. The second kappa shape index (κ2) is 8.00. The number of ether oxygens (including phenoxy) is 2. The predicted molar refractivity (Wildman–Crippen MR) is 70.3 cm³/mol. The summed E-state index contributed by atoms with van der Waals surface area (Å²) in [5.74, 6) is -0.216. The lowest BCUT2D eigenvalue weighted by atomic mass is 10.2. The van der Waals surface area contributed by atoms with Gasteiger partial charge in [-0.2, -0.15) is 0 Å². The van der Waals surface area contributed by atoms with Gasteiger partial charge >= 0.3 is 5.97 Å². The van der Waals surface area contributed by atoms with Gasteiger partial charge in [-0.25, -0.2) is 0 Å². The highest BCUT2D eigenvalue weighted by Crippen LogP contribution is 2.06. The summed E-state index contributed by atoms with van der Waals surface area (Å²) in [5, 5.41) is -0.256. The molecule has 0 aliphatic heterocycles. The van der Waals surface area contributed by atoms with Gasteiger partial charge < -0.3 is 9.47 Å². The van der Waals surface area contributed by atoms with Gasteiger partial charge in [0.25, 0.3) is 0 Å². The van der Waals surface area contributed by atoms with E-state index in [1.807, 2.05) is 30.3 Å². The number of carbonyl (C=O) groups excluding carboxylic acids is 1. The molecule has 4 nitrogen and oxygen atoms in total. The van der Waals surface area contributed by atoms with Gasteiger partial charge in [-0.05, 0) is 5.56 Å². The minimum absolute atomic E-state index is 0.132. The van der Waals surface area contributed by atoms with Gasteiger partial charge in [-0.3, -0.25) is 9.00 Å². The summed E-state index contributed by atoms with van der Waals surface area (Å²) in [5.41, 5.74) is 1.04. The summed E-state index contributed by atoms with van der Waals surface area (Å²) < 4.78 is 21.7. The summed E-state index contributed by atoms with van der Waals surface area (Å²) >= 11 is 0. The van der Waals surface area contributed by atoms with Crippen LogP contribution < -0.4 is 0 Å². The van der Waals surface area contributed by atoms with Crippen LogP contribution in [0.15, 0.2) is 30.3 Å². The summed E-state index contributed by atoms with van der Waals surface area (Å²) in [4.78, 5) is 11.0. The van der Waals surface area contributed by atoms with E-state index < -0.39 is 10.8 Å². The van der Waals surface area contributed by atoms with Crippen LogP contribution in [0.3, 0.4) is 0 Å². The Morgan fingerprint density at radius 1 is 1.33 bits per heavy atom. The molecule has 0 radical (unpaired) electrons. The molecule has 100 valence electrons. The van der Waals surface area contributed by atoms with E-state index in [-0.39, 0.29) is 23.6 Å². The van der Waals surface area contributed by atoms with Gasteiger partial charge in [-0.1, -0.05) is 37.3 Å². The lowest BCUT2D eigenvalue weighted by Crippen LogP contribution is -2.20. The van der Waals surface area contributed by atoms with E-state index in [0.717, 1.165) is 5.56 Å². The third kappa shape index (κ3) is 5.42. The summed E-state index contributed by atoms with van der Waals surface area (Å²) in [6.45, 7) is 2.18. The third-order valence-electron chi connectivity index (χ3n) is 2.44. The Labute approximate surface area is 110 Å². The normalized spacial score (nSPS) is 13.9. The molecule has 0 aliphatic carbocycles. The number of benzene rings is 1. The number of hydrogen-bond donors (Lipinski definition) is 0. The van der Waals surface area contributed by atoms with Crippen LogP contribution in [0.1, 0.15) is 18.9 Å². The maximum atomic E-state index is 11.8. The van der Waals surface area contributed by atoms with Crippen LogP contribution in [-0.4, -0.2) is 28.5 Å². The monoisotopic (exact) mass is 270 g/mol. The Hall–Kier alpha value is -1.20. The molecule has 5 heteroatoms. The molecule has 0 aromatic heterocycles. The van der Waals surface area contributed by atoms with E-state index in [0.29, 0.717) is 6.61 Å². The van der Waals surface area contributed by atoms with Crippen molar-refractivity contribution in [2.45, 2.75) is 25.2 Å². The zero-order valence-electron chi connectivity index (χ0n) is 10.6. The molecule has 0 fully saturated rings. The molecule has 2 unspecified atom stereocenters. The predicted octanol–water partition coefficient (Wildman–Crippen LogP) is 1.86. The zero-order chi connectivity index (χ0) is 13.4. The number of rotatable bonds is 7. The minimum Gasteiger partial charge on any atom is -0.469 e. The van der Waals surface area contributed by atoms with Gasteiger partial charge in [0.1, 0.15) is 5.94 Å². The third-order valence-corrected chi connectivity index (χ3v) is 3.90. The van der Waals surface area contributed by atoms with Crippen molar-refractivity contribution in [2.75, 3.05) is 13.0 Å². The zero-order valence-corrected chi connectivity index (χ0v) is 11.4. The molecule has 0 heterocycles. The lowest BCUT2D eigenvalue weighted by Gasteiger charge is -2.10. The van der Waals surface area contributed by atoms with Crippen molar-refractivity contribution in [1.29, 1.82) is 0 Å². The van der Waals surface area contributed by atoms with Crippen molar-refractivity contribution in [1.82, 2.24) is 0 Å². The molecule has 2 atom stereocenters. The largest absolute Gasteiger partial charge is 0.469 e. The van der Waals surface area contributed by atoms with E-state index >= 15 is 0 Å². The highest BCUT2D eigenvalue weighted by molar-refractivity contribution is 7.85. The van der Waals surface area contributed by atoms with Crippen molar-refractivity contribution in [3.63, 3.8) is 0 Å². The molecule has 0 bridgehead atoms. The summed E-state index contributed by atoms with van der Waals surface area (Å²) in [6.07, 6.45) is 0.151. The van der Waals surface area contributed by atoms with E-state index in [2.05, 4.69) is 4.74 Å². The molecule has 18 heavy (non-hydrogen) atoms. The topological polar surface area (TPSA) is 52.6 Å². The molecule has 0 saturated carbocycles. The van der Waals surface area contributed by atoms with E-state index in [1.54, 1.807) is 6.92 Å². The molecule has 0 saturated heterocycles. The highest BCUT2D eigenvalue weighted by Gasteiger charge is 2.15. The van der Waals surface area contributed by atoms with E-state index in [9.17, 15) is 9.00 Å². The standard InChI is InChI=1S/C13H18O4S/c1-11(8-13(14)16-2)18(15)10-17-9-12-6-4-3-5-7-12/h3-7,11H,8-10H2,1-2H3. The van der Waals surface area contributed by atoms with Crippen LogP contribution in [0.4, 0.5) is 0 Å². The highest BCUT2D eigenvalue weighted by atomic mass is 32.2. The van der Waals surface area contributed by atoms with Crippen molar-refractivity contribution >= 4 is 16.8 Å². The molecule has 0 spiro atoms. The Morgan fingerprint density at radius 3 is 2.61 bits per heavy atom. The molecule has 1 aromatic rings. The fraction of sp³-hybridized carbons (Fsp3) is 0.462. The van der Waals surface area contributed by atoms with Crippen LogP contribution in [0, 0.1) is 0 Å². The van der Waals surface area contributed by atoms with Gasteiger partial charge in [-0.15, -0.1) is 0 Å². The minimum atomic E-state index is -1.18. The van der Waals surface area contributed by atoms with Crippen molar-refractivity contribution in [3.8, 4) is 0 Å². The molecule has 0 N–H and O–H groups in total. The maximum Gasteiger partial charge on any atom is 0.306 e. The van der Waals surface area contributed by atoms with Gasteiger partial charge in [0.05, 0.1) is 30.9 Å². The van der Waals surface area contributed by atoms with E-state index in [4.69, 9.17) is 4.74 Å². The fourth-order valence-electron chi connectivity index (χ4n) is 1.34. The van der Waals surface area contributed by atoms with Gasteiger partial charge in [0, 0.05) is 5.25 Å². The van der Waals surface area contributed by atoms with Crippen LogP contribution in [0.2, 0.25) is 0 Å². The number of methoxy groups -OCH3 is 1. The quantitative estimate of drug-likeness (QED) is 0.710. The average molecular weight is 270 g/mol. The molecule has 1 rings (SSSR count). The first-order valence-electron chi connectivity index (χ1n) is 5.69. The number of esters is 1. The number of carbonyl (C=O) groups is 1. The average Bonchev–Trinajstić information content (AvgIpc) is 2.39. The summed E-state index contributed by atoms with van der Waals surface area (Å²) in [6, 6.07) is 9.67. The second-order valence-corrected chi connectivity index (χ2v) is 5.73. The summed E-state index contributed by atoms with van der Waals surface area (Å²) in [7, 11) is 0.140. The van der Waals surface area contributed by atoms with Gasteiger partial charge in [0.15, 0.2) is 0 Å². The van der Waals surface area contributed by atoms with Crippen molar-refractivity contribution in [3.05, 3.63) is 35.9 Å². The Kier molecular flexibility index (Phi) is 6.60. The molecule has 0 aliphatic rings. The first kappa shape index (κ1) is 14.9. The number of hydrogen-bond acceptors (Lipinski definition) is 4. The van der Waals surface area contributed by atoms with Crippen molar-refractivity contribution in [2.24, 2.45) is 0 Å². The van der Waals surface area contributed by atoms with Crippen LogP contribution in [0.5, 0.6) is 0 Å². The second-order valence-electron chi connectivity index (χ2n) is 3.92. The van der Waals surface area contributed by atoms with Crippen LogP contribution >= 0.6 is 0 Å². The Morgan fingerprint density at radius 2 is 2.00 bits per heavy atom. The first-order valence-corrected chi connectivity index (χ1v) is 7.07. The van der Waals surface area contributed by atoms with Crippen molar-refractivity contribution < 1.29 is 18.5 Å². The molecule has 1 aromatic carbocycles. The Balaban J connectivity index is 2.26. The smallest absolute Gasteiger partial charge is 0.306 e. The van der Waals surface area contributed by atoms with Crippen LogP contribution in [0.25, 0.3) is 0 Å². The van der Waals surface area contributed by atoms with E-state index in [1.165, 1.54) is 7.11 Å². The SMILES string of the molecule is COC(=O)CC(C)S(=O)COCc1ccccc1.